The highest BCUT2D eigenvalue weighted by Gasteiger charge is 2.50. The van der Waals surface area contributed by atoms with Gasteiger partial charge in [0.2, 0.25) is 0 Å². The molecule has 24 heavy (non-hydrogen) atoms. The molecule has 7 heteroatoms. The van der Waals surface area contributed by atoms with E-state index in [2.05, 4.69) is 0 Å². The van der Waals surface area contributed by atoms with Crippen molar-refractivity contribution in [3.05, 3.63) is 71.5 Å². The molecule has 1 aliphatic heterocycles. The van der Waals surface area contributed by atoms with Crippen molar-refractivity contribution in [1.29, 1.82) is 0 Å². The average Bonchev–Trinajstić information content (AvgIpc) is 2.90. The van der Waals surface area contributed by atoms with Crippen molar-refractivity contribution < 1.29 is 22.3 Å². The molecule has 3 rings (SSSR count). The lowest BCUT2D eigenvalue weighted by atomic mass is 9.92. The van der Waals surface area contributed by atoms with Gasteiger partial charge in [0.15, 0.2) is 0 Å². The minimum atomic E-state index is -2.03. The van der Waals surface area contributed by atoms with Gasteiger partial charge in [-0.2, -0.15) is 4.31 Å². The summed E-state index contributed by atoms with van der Waals surface area (Å²) in [5.41, 5.74) is -0.180. The summed E-state index contributed by atoms with van der Waals surface area (Å²) >= 11 is -2.03. The number of nitrogens with zero attached hydrogens (tertiary/aromatic N) is 1. The molecule has 0 aromatic heterocycles. The van der Waals surface area contributed by atoms with Gasteiger partial charge in [0, 0.05) is 5.56 Å². The van der Waals surface area contributed by atoms with E-state index in [0.29, 0.717) is 0 Å². The monoisotopic (exact) mass is 349 g/mol. The van der Waals surface area contributed by atoms with Crippen LogP contribution in [0, 0.1) is 5.82 Å². The van der Waals surface area contributed by atoms with Crippen LogP contribution in [0.4, 0.5) is 9.18 Å². The van der Waals surface area contributed by atoms with Crippen LogP contribution >= 0.6 is 0 Å². The van der Waals surface area contributed by atoms with Gasteiger partial charge in [-0.1, -0.05) is 48.5 Å². The number of hydrogen-bond acceptors (Lipinski definition) is 4. The Kier molecular flexibility index (Phi) is 4.64. The van der Waals surface area contributed by atoms with Crippen molar-refractivity contribution >= 4 is 17.4 Å². The van der Waals surface area contributed by atoms with Gasteiger partial charge in [-0.15, -0.1) is 0 Å². The van der Waals surface area contributed by atoms with E-state index in [9.17, 15) is 13.4 Å². The Bertz CT molecular complexity index is 770. The minimum absolute atomic E-state index is 0.0285. The first-order valence-corrected chi connectivity index (χ1v) is 8.36. The number of carbonyl (C=O) groups is 1. The number of amides is 1. The topological polar surface area (TPSA) is 55.8 Å². The molecule has 1 fully saturated rings. The maximum absolute atomic E-state index is 14.2. The molecular weight excluding hydrogens is 333 g/mol. The number of rotatable bonds is 3. The van der Waals surface area contributed by atoms with Gasteiger partial charge >= 0.3 is 6.09 Å². The number of ether oxygens (including phenoxy) is 1. The lowest BCUT2D eigenvalue weighted by Crippen LogP contribution is -2.45. The zero-order chi connectivity index (χ0) is 17.2. The van der Waals surface area contributed by atoms with Crippen molar-refractivity contribution in [1.82, 2.24) is 4.31 Å². The highest BCUT2D eigenvalue weighted by molar-refractivity contribution is 7.78. The summed E-state index contributed by atoms with van der Waals surface area (Å²) < 4.78 is 37.6. The van der Waals surface area contributed by atoms with E-state index in [-0.39, 0.29) is 18.8 Å². The largest absolute Gasteiger partial charge is 0.444 e. The first-order valence-electron chi connectivity index (χ1n) is 7.33. The lowest BCUT2D eigenvalue weighted by Gasteiger charge is -2.30. The summed E-state index contributed by atoms with van der Waals surface area (Å²) in [5.74, 6) is -0.497. The Morgan fingerprint density at radius 1 is 1.25 bits per heavy atom. The van der Waals surface area contributed by atoms with E-state index in [0.717, 1.165) is 9.87 Å². The molecule has 1 unspecified atom stereocenters. The fourth-order valence-corrected chi connectivity index (χ4v) is 3.66. The van der Waals surface area contributed by atoms with Crippen LogP contribution in [0.15, 0.2) is 54.6 Å². The Morgan fingerprint density at radius 3 is 2.62 bits per heavy atom. The van der Waals surface area contributed by atoms with Crippen LogP contribution in [0.25, 0.3) is 0 Å². The number of carbonyl (C=O) groups excluding carboxylic acids is 1. The predicted molar refractivity (Wildman–Crippen MR) is 86.3 cm³/mol. The van der Waals surface area contributed by atoms with E-state index >= 15 is 0 Å². The molecule has 1 heterocycles. The highest BCUT2D eigenvalue weighted by Crippen LogP contribution is 2.37. The molecule has 0 aliphatic carbocycles. The summed E-state index contributed by atoms with van der Waals surface area (Å²) in [7, 11) is 0. The van der Waals surface area contributed by atoms with Crippen LogP contribution in [0.3, 0.4) is 0 Å². The summed E-state index contributed by atoms with van der Waals surface area (Å²) in [4.78, 5) is 12.4. The molecule has 0 saturated carbocycles. The van der Waals surface area contributed by atoms with E-state index in [1.54, 1.807) is 37.3 Å². The van der Waals surface area contributed by atoms with E-state index < -0.39 is 28.7 Å². The third-order valence-electron chi connectivity index (χ3n) is 3.86. The van der Waals surface area contributed by atoms with Crippen molar-refractivity contribution in [2.24, 2.45) is 0 Å². The summed E-state index contributed by atoms with van der Waals surface area (Å²) in [6.07, 6.45) is -0.819. The van der Waals surface area contributed by atoms with Gasteiger partial charge in [-0.05, 0) is 18.6 Å². The molecule has 1 aliphatic rings. The molecule has 2 aromatic carbocycles. The van der Waals surface area contributed by atoms with Crippen LogP contribution in [0.5, 0.6) is 0 Å². The van der Waals surface area contributed by atoms with E-state index in [4.69, 9.17) is 8.92 Å². The van der Waals surface area contributed by atoms with Gasteiger partial charge in [0.25, 0.3) is 11.3 Å². The number of benzene rings is 2. The maximum Gasteiger partial charge on any atom is 0.424 e. The van der Waals surface area contributed by atoms with Crippen LogP contribution in [-0.4, -0.2) is 21.2 Å². The smallest absolute Gasteiger partial charge is 0.424 e. The highest BCUT2D eigenvalue weighted by atomic mass is 32.2. The zero-order valence-corrected chi connectivity index (χ0v) is 13.8. The Hall–Kier alpha value is -2.25. The van der Waals surface area contributed by atoms with Crippen LogP contribution in [-0.2, 0) is 32.3 Å². The third kappa shape index (κ3) is 3.05. The fraction of sp³-hybridized carbons (Fsp3) is 0.235. The molecule has 1 amide bonds. The van der Waals surface area contributed by atoms with Crippen LogP contribution in [0.1, 0.15) is 18.1 Å². The van der Waals surface area contributed by atoms with Crippen LogP contribution < -0.4 is 0 Å². The third-order valence-corrected chi connectivity index (χ3v) is 5.03. The molecule has 0 radical (unpaired) electrons. The zero-order valence-electron chi connectivity index (χ0n) is 13.0. The number of halogens is 1. The molecule has 1 saturated heterocycles. The van der Waals surface area contributed by atoms with Crippen molar-refractivity contribution in [2.75, 3.05) is 6.61 Å². The molecule has 0 bridgehead atoms. The van der Waals surface area contributed by atoms with E-state index in [1.165, 1.54) is 6.07 Å². The molecular formula is C17H16FNO4S. The molecule has 5 nitrogen and oxygen atoms in total. The molecule has 2 aromatic rings. The minimum Gasteiger partial charge on any atom is -0.444 e. The average molecular weight is 349 g/mol. The second kappa shape index (κ2) is 6.70. The first-order chi connectivity index (χ1) is 11.5. The molecule has 2 atom stereocenters. The Morgan fingerprint density at radius 2 is 1.92 bits per heavy atom. The first kappa shape index (κ1) is 16.6. The lowest BCUT2D eigenvalue weighted by molar-refractivity contribution is 0.0946. The van der Waals surface area contributed by atoms with Gasteiger partial charge in [-0.25, -0.2) is 13.4 Å². The summed E-state index contributed by atoms with van der Waals surface area (Å²) in [5, 5.41) is 0. The van der Waals surface area contributed by atoms with Gasteiger partial charge in [-0.3, -0.25) is 4.18 Å². The van der Waals surface area contributed by atoms with Gasteiger partial charge < -0.3 is 4.74 Å². The summed E-state index contributed by atoms with van der Waals surface area (Å²) in [6, 6.07) is 15.1. The molecule has 0 N–H and O–H groups in total. The second-order valence-corrected chi connectivity index (χ2v) is 6.60. The van der Waals surface area contributed by atoms with Crippen molar-refractivity contribution in [3.8, 4) is 0 Å². The van der Waals surface area contributed by atoms with E-state index in [1.807, 2.05) is 18.2 Å². The van der Waals surface area contributed by atoms with Crippen LogP contribution in [0.2, 0.25) is 0 Å². The standard InChI is InChI=1S/C17H16FNO4S/c1-17(14-9-5-6-10-15(14)18)12-23-24(21)19(17)16(20)22-11-13-7-3-2-4-8-13/h2-10H,11-12H2,1H3/t17?,24-/m1/s1. The number of hydrogen-bond donors (Lipinski definition) is 0. The second-order valence-electron chi connectivity index (χ2n) is 5.57. The predicted octanol–water partition coefficient (Wildman–Crippen LogP) is 3.29. The summed E-state index contributed by atoms with van der Waals surface area (Å²) in [6.45, 7) is 1.54. The Balaban J connectivity index is 1.83. The molecule has 0 spiro atoms. The maximum atomic E-state index is 14.2. The van der Waals surface area contributed by atoms with Gasteiger partial charge in [0.1, 0.15) is 18.0 Å². The van der Waals surface area contributed by atoms with Gasteiger partial charge in [0.05, 0.1) is 6.61 Å². The van der Waals surface area contributed by atoms with Crippen molar-refractivity contribution in [3.63, 3.8) is 0 Å². The Labute approximate surface area is 141 Å². The normalized spacial score (nSPS) is 23.2. The fourth-order valence-electron chi connectivity index (χ4n) is 2.57. The quantitative estimate of drug-likeness (QED) is 0.853. The SMILES string of the molecule is CC1(c2ccccc2F)CO[S@@](=O)N1C(=O)OCc1ccccc1. The molecule has 126 valence electrons. The van der Waals surface area contributed by atoms with Crippen molar-refractivity contribution in [2.45, 2.75) is 19.1 Å².